The molecule has 0 radical (unpaired) electrons. The number of cyclic esters (lactones) is 1. The molecule has 2 bridgehead atoms. The Morgan fingerprint density at radius 2 is 1.97 bits per heavy atom. The maximum absolute atomic E-state index is 13.2. The number of esters is 1. The second-order valence-corrected chi connectivity index (χ2v) is 10.3. The van der Waals surface area contributed by atoms with Gasteiger partial charge in [0.25, 0.3) is 5.91 Å². The van der Waals surface area contributed by atoms with E-state index in [1.165, 1.54) is 13.0 Å². The first-order valence-corrected chi connectivity index (χ1v) is 11.8. The fourth-order valence-corrected chi connectivity index (χ4v) is 5.09. The molecule has 2 amide bonds. The molecule has 3 heterocycles. The van der Waals surface area contributed by atoms with E-state index in [2.05, 4.69) is 16.0 Å². The van der Waals surface area contributed by atoms with Crippen LogP contribution in [0.1, 0.15) is 56.5 Å². The molecular formula is C24H33N3O8. The van der Waals surface area contributed by atoms with Crippen LogP contribution in [-0.4, -0.2) is 74.9 Å². The van der Waals surface area contributed by atoms with Crippen LogP contribution in [-0.2, 0) is 25.5 Å². The van der Waals surface area contributed by atoms with Crippen LogP contribution in [0.2, 0.25) is 0 Å². The van der Waals surface area contributed by atoms with E-state index < -0.39 is 53.7 Å². The van der Waals surface area contributed by atoms with Crippen molar-refractivity contribution in [2.45, 2.75) is 88.8 Å². The fourth-order valence-electron chi connectivity index (χ4n) is 5.09. The van der Waals surface area contributed by atoms with Gasteiger partial charge in [0.2, 0.25) is 5.91 Å². The minimum absolute atomic E-state index is 0.0450. The summed E-state index contributed by atoms with van der Waals surface area (Å²) in [5, 5.41) is 40.2. The largest absolute Gasteiger partial charge is 0.507 e. The molecule has 0 saturated carbocycles. The Hall–Kier alpha value is -2.73. The highest BCUT2D eigenvalue weighted by molar-refractivity contribution is 5.95. The van der Waals surface area contributed by atoms with E-state index in [0.29, 0.717) is 12.0 Å². The van der Waals surface area contributed by atoms with Gasteiger partial charge in [0.05, 0.1) is 6.04 Å². The predicted molar refractivity (Wildman–Crippen MR) is 122 cm³/mol. The third-order valence-corrected chi connectivity index (χ3v) is 7.05. The fraction of sp³-hybridized carbons (Fsp3) is 0.625. The zero-order valence-electron chi connectivity index (χ0n) is 20.2. The lowest BCUT2D eigenvalue weighted by atomic mass is 9.87. The minimum atomic E-state index is -1.90. The Balaban J connectivity index is 1.52. The summed E-state index contributed by atoms with van der Waals surface area (Å²) in [4.78, 5) is 37.9. The number of hydrogen-bond donors (Lipinski definition) is 6. The van der Waals surface area contributed by atoms with Crippen LogP contribution >= 0.6 is 0 Å². The van der Waals surface area contributed by atoms with E-state index in [1.54, 1.807) is 19.1 Å². The Morgan fingerprint density at radius 1 is 1.26 bits per heavy atom. The number of carbonyl (C=O) groups excluding carboxylic acids is 3. The number of ether oxygens (including phenoxy) is 2. The van der Waals surface area contributed by atoms with E-state index in [-0.39, 0.29) is 36.0 Å². The maximum atomic E-state index is 13.2. The summed E-state index contributed by atoms with van der Waals surface area (Å²) < 4.78 is 11.3. The first-order valence-electron chi connectivity index (χ1n) is 11.8. The normalized spacial score (nSPS) is 33.9. The van der Waals surface area contributed by atoms with Crippen LogP contribution in [0.25, 0.3) is 0 Å². The molecule has 7 atom stereocenters. The molecule has 11 heteroatoms. The maximum Gasteiger partial charge on any atom is 0.342 e. The third-order valence-electron chi connectivity index (χ3n) is 7.05. The Kier molecular flexibility index (Phi) is 6.56. The Morgan fingerprint density at radius 3 is 2.66 bits per heavy atom. The number of phenols is 1. The molecule has 2 fully saturated rings. The lowest BCUT2D eigenvalue weighted by Gasteiger charge is -2.55. The van der Waals surface area contributed by atoms with E-state index in [0.717, 1.165) is 0 Å². The number of hydrogen-bond acceptors (Lipinski definition) is 9. The van der Waals surface area contributed by atoms with Gasteiger partial charge < -0.3 is 35.4 Å². The quantitative estimate of drug-likeness (QED) is 0.292. The number of aliphatic hydroxyl groups excluding tert-OH is 1. The molecule has 192 valence electrons. The average Bonchev–Trinajstić information content (AvgIpc) is 2.74. The summed E-state index contributed by atoms with van der Waals surface area (Å²) in [6.07, 6.45) is -2.93. The van der Waals surface area contributed by atoms with Gasteiger partial charge in [0.15, 0.2) is 11.9 Å². The Bertz CT molecular complexity index is 1030. The molecule has 0 aliphatic carbocycles. The number of benzene rings is 1. The van der Waals surface area contributed by atoms with Gasteiger partial charge in [0.1, 0.15) is 29.2 Å². The predicted octanol–water partition coefficient (Wildman–Crippen LogP) is -0.333. The first kappa shape index (κ1) is 25.4. The second-order valence-electron chi connectivity index (χ2n) is 10.3. The SMILES string of the molecule is CC(C)C[C@H](NC(=O)[C@@H](O)[C@H]1O[C@](C)(O)[C@]2(C)NC(=O)C[C@H]1N2)[C@@H]1Cc2cccc(O)c2C(=O)O1. The van der Waals surface area contributed by atoms with Gasteiger partial charge in [0, 0.05) is 18.9 Å². The standard InChI is InChI=1S/C24H33N3O8/c1-11(2)8-13(16-9-12-6-5-7-15(28)18(12)22(32)34-16)25-21(31)19(30)20-14-10-17(29)27-23(3,26-14)24(4,33)35-20/h5-7,11,13-14,16,19-20,26,28,30,33H,8-10H2,1-4H3,(H,25,31)(H,27,29)/t13-,14+,16-,19-,20-,23-,24-/m0/s1. The minimum Gasteiger partial charge on any atom is -0.507 e. The number of morpholine rings is 1. The van der Waals surface area contributed by atoms with Gasteiger partial charge in [-0.1, -0.05) is 26.0 Å². The van der Waals surface area contributed by atoms with Crippen molar-refractivity contribution in [2.75, 3.05) is 0 Å². The lowest BCUT2D eigenvalue weighted by molar-refractivity contribution is -0.312. The summed E-state index contributed by atoms with van der Waals surface area (Å²) in [5.74, 6) is -3.73. The molecule has 3 aliphatic heterocycles. The van der Waals surface area contributed by atoms with Gasteiger partial charge in [-0.2, -0.15) is 0 Å². The molecule has 4 rings (SSSR count). The molecule has 0 unspecified atom stereocenters. The van der Waals surface area contributed by atoms with Gasteiger partial charge >= 0.3 is 5.97 Å². The summed E-state index contributed by atoms with van der Waals surface area (Å²) in [6.45, 7) is 6.81. The van der Waals surface area contributed by atoms with Crippen molar-refractivity contribution in [1.82, 2.24) is 16.0 Å². The summed E-state index contributed by atoms with van der Waals surface area (Å²) >= 11 is 0. The topological polar surface area (TPSA) is 166 Å². The van der Waals surface area contributed by atoms with Crippen molar-refractivity contribution in [3.8, 4) is 5.75 Å². The van der Waals surface area contributed by atoms with Crippen LogP contribution in [0.15, 0.2) is 18.2 Å². The summed E-state index contributed by atoms with van der Waals surface area (Å²) in [6, 6.07) is 3.43. The average molecular weight is 492 g/mol. The van der Waals surface area contributed by atoms with Crippen molar-refractivity contribution in [2.24, 2.45) is 5.92 Å². The Labute approximate surface area is 203 Å². The molecule has 6 N–H and O–H groups in total. The highest BCUT2D eigenvalue weighted by Gasteiger charge is 2.58. The van der Waals surface area contributed by atoms with Gasteiger partial charge in [-0.05, 0) is 37.8 Å². The van der Waals surface area contributed by atoms with Crippen LogP contribution < -0.4 is 16.0 Å². The molecule has 35 heavy (non-hydrogen) atoms. The smallest absolute Gasteiger partial charge is 0.342 e. The van der Waals surface area contributed by atoms with Crippen LogP contribution in [0.4, 0.5) is 0 Å². The number of nitrogens with one attached hydrogen (secondary N) is 3. The van der Waals surface area contributed by atoms with E-state index in [9.17, 15) is 29.7 Å². The van der Waals surface area contributed by atoms with Gasteiger partial charge in [-0.3, -0.25) is 14.9 Å². The molecule has 11 nitrogen and oxygen atoms in total. The van der Waals surface area contributed by atoms with Crippen molar-refractivity contribution >= 4 is 17.8 Å². The molecule has 1 aromatic rings. The van der Waals surface area contributed by atoms with Gasteiger partial charge in [-0.25, -0.2) is 4.79 Å². The summed E-state index contributed by atoms with van der Waals surface area (Å²) in [7, 11) is 0. The van der Waals surface area contributed by atoms with Crippen molar-refractivity contribution < 1.29 is 39.2 Å². The van der Waals surface area contributed by atoms with Crippen LogP contribution in [0, 0.1) is 5.92 Å². The molecular weight excluding hydrogens is 458 g/mol. The number of carbonyl (C=O) groups is 3. The van der Waals surface area contributed by atoms with Gasteiger partial charge in [-0.15, -0.1) is 0 Å². The monoisotopic (exact) mass is 491 g/mol. The van der Waals surface area contributed by atoms with Crippen molar-refractivity contribution in [3.05, 3.63) is 29.3 Å². The number of fused-ring (bicyclic) bond motifs is 3. The molecule has 0 spiro atoms. The number of aromatic hydroxyl groups is 1. The summed E-state index contributed by atoms with van der Waals surface area (Å²) in [5.41, 5.74) is -0.561. The number of rotatable bonds is 6. The van der Waals surface area contributed by atoms with E-state index in [4.69, 9.17) is 9.47 Å². The highest BCUT2D eigenvalue weighted by Crippen LogP contribution is 2.35. The number of aliphatic hydroxyl groups is 2. The number of amides is 2. The van der Waals surface area contributed by atoms with E-state index in [1.807, 2.05) is 13.8 Å². The molecule has 2 saturated heterocycles. The zero-order chi connectivity index (χ0) is 25.7. The van der Waals surface area contributed by atoms with Crippen LogP contribution in [0.5, 0.6) is 5.75 Å². The van der Waals surface area contributed by atoms with Crippen LogP contribution in [0.3, 0.4) is 0 Å². The van der Waals surface area contributed by atoms with Crippen molar-refractivity contribution in [3.63, 3.8) is 0 Å². The highest BCUT2D eigenvalue weighted by atomic mass is 16.6. The zero-order valence-corrected chi connectivity index (χ0v) is 20.2. The molecule has 1 aromatic carbocycles. The third kappa shape index (κ3) is 4.73. The molecule has 0 aromatic heterocycles. The number of phenolic OH excluding ortho intramolecular Hbond substituents is 1. The molecule has 3 aliphatic rings. The second kappa shape index (κ2) is 9.05. The van der Waals surface area contributed by atoms with Crippen molar-refractivity contribution in [1.29, 1.82) is 0 Å². The first-order chi connectivity index (χ1) is 16.3. The lowest BCUT2D eigenvalue weighted by Crippen LogP contribution is -2.82. The van der Waals surface area contributed by atoms with E-state index >= 15 is 0 Å².